The molecule has 1 aromatic heterocycles. The zero-order chi connectivity index (χ0) is 14.5. The first-order chi connectivity index (χ1) is 9.58. The number of rotatable bonds is 5. The number of nitrogens with zero attached hydrogens (tertiary/aromatic N) is 4. The summed E-state index contributed by atoms with van der Waals surface area (Å²) in [6, 6.07) is 0.291. The van der Waals surface area contributed by atoms with E-state index < -0.39 is 10.8 Å². The van der Waals surface area contributed by atoms with Crippen molar-refractivity contribution in [1.29, 1.82) is 0 Å². The van der Waals surface area contributed by atoms with Gasteiger partial charge >= 0.3 is 0 Å². The van der Waals surface area contributed by atoms with Gasteiger partial charge in [-0.1, -0.05) is 0 Å². The lowest BCUT2D eigenvalue weighted by Gasteiger charge is -2.23. The summed E-state index contributed by atoms with van der Waals surface area (Å²) >= 11 is 0. The van der Waals surface area contributed by atoms with Crippen LogP contribution in [-0.2, 0) is 10.8 Å². The molecule has 7 nitrogen and oxygen atoms in total. The fraction of sp³-hybridized carbons (Fsp3) is 0.750. The van der Waals surface area contributed by atoms with Crippen LogP contribution in [0.2, 0.25) is 0 Å². The zero-order valence-electron chi connectivity index (χ0n) is 12.2. The molecule has 112 valence electrons. The van der Waals surface area contributed by atoms with Gasteiger partial charge in [0.1, 0.15) is 0 Å². The van der Waals surface area contributed by atoms with E-state index in [4.69, 9.17) is 0 Å². The van der Waals surface area contributed by atoms with Crippen LogP contribution in [-0.4, -0.2) is 57.3 Å². The lowest BCUT2D eigenvalue weighted by atomic mass is 10.2. The van der Waals surface area contributed by atoms with Gasteiger partial charge in [-0.15, -0.1) is 0 Å². The van der Waals surface area contributed by atoms with E-state index >= 15 is 0 Å². The molecule has 0 bridgehead atoms. The molecule has 2 N–H and O–H groups in total. The number of hydrogen-bond acceptors (Lipinski definition) is 7. The second kappa shape index (κ2) is 6.83. The Morgan fingerprint density at radius 3 is 2.45 bits per heavy atom. The van der Waals surface area contributed by atoms with Crippen molar-refractivity contribution in [2.75, 3.05) is 47.7 Å². The van der Waals surface area contributed by atoms with Gasteiger partial charge in [-0.2, -0.15) is 15.0 Å². The van der Waals surface area contributed by atoms with Crippen LogP contribution in [0.25, 0.3) is 0 Å². The SMILES string of the molecule is CCNc1nc(NC2CCS(=O)CC2)nc(N(C)C)n1. The molecular formula is C12H22N6OS. The monoisotopic (exact) mass is 298 g/mol. The van der Waals surface area contributed by atoms with Gasteiger partial charge in [0.15, 0.2) is 0 Å². The average Bonchev–Trinajstić information content (AvgIpc) is 2.41. The molecule has 1 aliphatic heterocycles. The van der Waals surface area contributed by atoms with Crippen LogP contribution in [0.3, 0.4) is 0 Å². The van der Waals surface area contributed by atoms with Crippen LogP contribution in [0, 0.1) is 0 Å². The summed E-state index contributed by atoms with van der Waals surface area (Å²) in [5.41, 5.74) is 0. The third-order valence-electron chi connectivity index (χ3n) is 3.08. The third-order valence-corrected chi connectivity index (χ3v) is 4.46. The molecule has 1 saturated heterocycles. The number of hydrogen-bond donors (Lipinski definition) is 2. The minimum atomic E-state index is -0.652. The second-order valence-electron chi connectivity index (χ2n) is 4.97. The van der Waals surface area contributed by atoms with Crippen LogP contribution >= 0.6 is 0 Å². The minimum absolute atomic E-state index is 0.291. The van der Waals surface area contributed by atoms with Gasteiger partial charge in [-0.25, -0.2) is 0 Å². The van der Waals surface area contributed by atoms with E-state index in [1.807, 2.05) is 25.9 Å². The smallest absolute Gasteiger partial charge is 0.231 e. The largest absolute Gasteiger partial charge is 0.354 e. The molecule has 0 amide bonds. The van der Waals surface area contributed by atoms with Crippen molar-refractivity contribution in [3.8, 4) is 0 Å². The summed E-state index contributed by atoms with van der Waals surface area (Å²) < 4.78 is 11.4. The van der Waals surface area contributed by atoms with Gasteiger partial charge in [0.05, 0.1) is 0 Å². The van der Waals surface area contributed by atoms with Crippen LogP contribution in [0.15, 0.2) is 0 Å². The van der Waals surface area contributed by atoms with Crippen LogP contribution < -0.4 is 15.5 Å². The van der Waals surface area contributed by atoms with Crippen molar-refractivity contribution in [3.63, 3.8) is 0 Å². The first kappa shape index (κ1) is 15.0. The van der Waals surface area contributed by atoms with E-state index in [0.717, 1.165) is 30.9 Å². The molecule has 0 unspecified atom stereocenters. The van der Waals surface area contributed by atoms with Gasteiger partial charge in [-0.05, 0) is 19.8 Å². The quantitative estimate of drug-likeness (QED) is 0.827. The molecule has 2 rings (SSSR count). The van der Waals surface area contributed by atoms with E-state index in [-0.39, 0.29) is 0 Å². The summed E-state index contributed by atoms with van der Waals surface area (Å²) in [5, 5.41) is 6.44. The van der Waals surface area contributed by atoms with Gasteiger partial charge in [0, 0.05) is 49.0 Å². The normalized spacial score (nSPS) is 22.4. The Hall–Kier alpha value is -1.44. The highest BCUT2D eigenvalue weighted by atomic mass is 32.2. The van der Waals surface area contributed by atoms with Gasteiger partial charge in [-0.3, -0.25) is 4.21 Å². The van der Waals surface area contributed by atoms with Gasteiger partial charge in [0.2, 0.25) is 17.8 Å². The Kier molecular flexibility index (Phi) is 5.11. The van der Waals surface area contributed by atoms with Crippen molar-refractivity contribution < 1.29 is 4.21 Å². The molecule has 2 heterocycles. The summed E-state index contributed by atoms with van der Waals surface area (Å²) in [6.45, 7) is 2.77. The molecule has 0 spiro atoms. The number of anilines is 3. The first-order valence-corrected chi connectivity index (χ1v) is 8.36. The molecule has 20 heavy (non-hydrogen) atoms. The van der Waals surface area contributed by atoms with Crippen molar-refractivity contribution >= 4 is 28.6 Å². The van der Waals surface area contributed by atoms with E-state index in [1.165, 1.54) is 0 Å². The van der Waals surface area contributed by atoms with Crippen LogP contribution in [0.5, 0.6) is 0 Å². The molecule has 1 fully saturated rings. The van der Waals surface area contributed by atoms with Crippen molar-refractivity contribution in [2.24, 2.45) is 0 Å². The van der Waals surface area contributed by atoms with E-state index in [1.54, 1.807) is 0 Å². The summed E-state index contributed by atoms with van der Waals surface area (Å²) in [6.07, 6.45) is 1.79. The summed E-state index contributed by atoms with van der Waals surface area (Å²) in [4.78, 5) is 15.0. The lowest BCUT2D eigenvalue weighted by Crippen LogP contribution is -2.30. The molecular weight excluding hydrogens is 276 g/mol. The molecule has 0 saturated carbocycles. The third kappa shape index (κ3) is 4.03. The Morgan fingerprint density at radius 2 is 1.85 bits per heavy atom. The molecule has 0 atom stereocenters. The Bertz CT molecular complexity index is 471. The highest BCUT2D eigenvalue weighted by molar-refractivity contribution is 7.85. The second-order valence-corrected chi connectivity index (χ2v) is 6.67. The lowest BCUT2D eigenvalue weighted by molar-refractivity contribution is 0.620. The standard InChI is InChI=1S/C12H22N6OS/c1-4-13-10-15-11(17-12(16-10)18(2)3)14-9-5-7-20(19)8-6-9/h9H,4-8H2,1-3H3,(H2,13,14,15,16,17). The topological polar surface area (TPSA) is 83.0 Å². The number of nitrogens with one attached hydrogen (secondary N) is 2. The van der Waals surface area contributed by atoms with E-state index in [0.29, 0.717) is 23.9 Å². The highest BCUT2D eigenvalue weighted by Gasteiger charge is 2.19. The van der Waals surface area contributed by atoms with Crippen LogP contribution in [0.1, 0.15) is 19.8 Å². The highest BCUT2D eigenvalue weighted by Crippen LogP contribution is 2.16. The summed E-state index contributed by atoms with van der Waals surface area (Å²) in [7, 11) is 3.15. The first-order valence-electron chi connectivity index (χ1n) is 6.87. The van der Waals surface area contributed by atoms with Crippen LogP contribution in [0.4, 0.5) is 17.8 Å². The molecule has 1 aliphatic rings. The zero-order valence-corrected chi connectivity index (χ0v) is 13.0. The predicted octanol–water partition coefficient (Wildman–Crippen LogP) is 0.692. The minimum Gasteiger partial charge on any atom is -0.354 e. The Morgan fingerprint density at radius 1 is 1.20 bits per heavy atom. The molecule has 0 radical (unpaired) electrons. The molecule has 1 aromatic rings. The maximum absolute atomic E-state index is 11.4. The maximum Gasteiger partial charge on any atom is 0.231 e. The fourth-order valence-electron chi connectivity index (χ4n) is 1.99. The van der Waals surface area contributed by atoms with E-state index in [9.17, 15) is 4.21 Å². The molecule has 0 aliphatic carbocycles. The predicted molar refractivity (Wildman–Crippen MR) is 82.8 cm³/mol. The maximum atomic E-state index is 11.4. The summed E-state index contributed by atoms with van der Waals surface area (Å²) in [5.74, 6) is 3.29. The van der Waals surface area contributed by atoms with Crippen molar-refractivity contribution in [2.45, 2.75) is 25.8 Å². The number of aromatic nitrogens is 3. The average molecular weight is 298 g/mol. The van der Waals surface area contributed by atoms with Crippen molar-refractivity contribution in [3.05, 3.63) is 0 Å². The van der Waals surface area contributed by atoms with E-state index in [2.05, 4.69) is 25.6 Å². The molecule has 0 aromatic carbocycles. The molecule has 8 heteroatoms. The Balaban J connectivity index is 2.11. The van der Waals surface area contributed by atoms with Gasteiger partial charge in [0.25, 0.3) is 0 Å². The van der Waals surface area contributed by atoms with Crippen molar-refractivity contribution in [1.82, 2.24) is 15.0 Å². The van der Waals surface area contributed by atoms with Gasteiger partial charge < -0.3 is 15.5 Å². The fourth-order valence-corrected chi connectivity index (χ4v) is 3.29. The Labute approximate surface area is 122 Å².